The van der Waals surface area contributed by atoms with Crippen molar-refractivity contribution in [3.8, 4) is 0 Å². The number of aromatic nitrogens is 2. The summed E-state index contributed by atoms with van der Waals surface area (Å²) in [5.74, 6) is 2.08. The van der Waals surface area contributed by atoms with Gasteiger partial charge in [-0.15, -0.1) is 0 Å². The van der Waals surface area contributed by atoms with Gasteiger partial charge < -0.3 is 10.6 Å². The van der Waals surface area contributed by atoms with Gasteiger partial charge in [0.05, 0.1) is 4.92 Å². The molecule has 0 saturated heterocycles. The zero-order valence-corrected chi connectivity index (χ0v) is 12.2. The third kappa shape index (κ3) is 2.77. The highest BCUT2D eigenvalue weighted by atomic mass is 16.6. The van der Waals surface area contributed by atoms with Crippen LogP contribution in [0.15, 0.2) is 6.33 Å². The molecule has 2 N–H and O–H groups in total. The molecule has 1 aromatic heterocycles. The van der Waals surface area contributed by atoms with E-state index >= 15 is 0 Å². The van der Waals surface area contributed by atoms with Gasteiger partial charge >= 0.3 is 5.69 Å². The Morgan fingerprint density at radius 2 is 2.14 bits per heavy atom. The van der Waals surface area contributed by atoms with E-state index in [1.807, 2.05) is 6.92 Å². The largest absolute Gasteiger partial charge is 0.364 e. The van der Waals surface area contributed by atoms with Crippen molar-refractivity contribution in [3.63, 3.8) is 0 Å². The number of nitrogens with one attached hydrogen (secondary N) is 2. The highest BCUT2D eigenvalue weighted by Gasteiger charge is 2.40. The molecule has 0 radical (unpaired) electrons. The number of fused-ring (bicyclic) bond motifs is 2. The van der Waals surface area contributed by atoms with Crippen LogP contribution < -0.4 is 10.6 Å². The van der Waals surface area contributed by atoms with Gasteiger partial charge in [0.1, 0.15) is 6.33 Å². The normalized spacial score (nSPS) is 26.8. The Hall–Kier alpha value is -1.92. The first kappa shape index (κ1) is 14.0. The first-order chi connectivity index (χ1) is 10.2. The molecule has 2 aliphatic rings. The molecule has 3 atom stereocenters. The summed E-state index contributed by atoms with van der Waals surface area (Å²) in [6.07, 6.45) is 7.15. The average Bonchev–Trinajstić information content (AvgIpc) is 3.07. The van der Waals surface area contributed by atoms with Crippen molar-refractivity contribution in [2.24, 2.45) is 11.8 Å². The smallest absolute Gasteiger partial charge is 0.353 e. The minimum Gasteiger partial charge on any atom is -0.364 e. The SMILES string of the molecule is CCCNc1ncnc(NC2CC3CCC2C3)c1[N+](=O)[O-]. The van der Waals surface area contributed by atoms with Crippen molar-refractivity contribution in [3.05, 3.63) is 16.4 Å². The van der Waals surface area contributed by atoms with Gasteiger partial charge in [0.15, 0.2) is 0 Å². The molecule has 0 aliphatic heterocycles. The van der Waals surface area contributed by atoms with Gasteiger partial charge in [-0.05, 0) is 37.5 Å². The van der Waals surface area contributed by atoms with E-state index in [9.17, 15) is 10.1 Å². The minimum atomic E-state index is -0.395. The maximum Gasteiger partial charge on any atom is 0.353 e. The van der Waals surface area contributed by atoms with Crippen molar-refractivity contribution in [2.75, 3.05) is 17.2 Å². The van der Waals surface area contributed by atoms with Crippen LogP contribution in [0.3, 0.4) is 0 Å². The lowest BCUT2D eigenvalue weighted by atomic mass is 9.95. The quantitative estimate of drug-likeness (QED) is 0.618. The zero-order chi connectivity index (χ0) is 14.8. The van der Waals surface area contributed by atoms with Gasteiger partial charge in [0.2, 0.25) is 11.6 Å². The second-order valence-electron chi connectivity index (χ2n) is 6.03. The molecule has 2 fully saturated rings. The number of nitrogens with zero attached hydrogens (tertiary/aromatic N) is 3. The van der Waals surface area contributed by atoms with E-state index in [-0.39, 0.29) is 5.69 Å². The molecule has 7 heteroatoms. The fraction of sp³-hybridized carbons (Fsp3) is 0.714. The molecule has 1 aromatic rings. The van der Waals surface area contributed by atoms with Crippen LogP contribution >= 0.6 is 0 Å². The predicted molar refractivity (Wildman–Crippen MR) is 80.3 cm³/mol. The molecule has 0 amide bonds. The lowest BCUT2D eigenvalue weighted by Gasteiger charge is -2.23. The summed E-state index contributed by atoms with van der Waals surface area (Å²) >= 11 is 0. The molecule has 0 aromatic carbocycles. The zero-order valence-electron chi connectivity index (χ0n) is 12.2. The summed E-state index contributed by atoms with van der Waals surface area (Å²) in [4.78, 5) is 19.1. The van der Waals surface area contributed by atoms with Crippen LogP contribution in [0, 0.1) is 22.0 Å². The highest BCUT2D eigenvalue weighted by Crippen LogP contribution is 2.46. The number of hydrogen-bond acceptors (Lipinski definition) is 6. The highest BCUT2D eigenvalue weighted by molar-refractivity contribution is 5.69. The van der Waals surface area contributed by atoms with E-state index in [1.165, 1.54) is 25.6 Å². The van der Waals surface area contributed by atoms with Crippen molar-refractivity contribution in [1.82, 2.24) is 9.97 Å². The van der Waals surface area contributed by atoms with Crippen LogP contribution in [0.4, 0.5) is 17.3 Å². The molecule has 7 nitrogen and oxygen atoms in total. The second kappa shape index (κ2) is 5.83. The minimum absolute atomic E-state index is 0.0336. The third-order valence-corrected chi connectivity index (χ3v) is 4.61. The van der Waals surface area contributed by atoms with E-state index in [4.69, 9.17) is 0 Å². The molecule has 2 saturated carbocycles. The first-order valence-electron chi connectivity index (χ1n) is 7.68. The number of nitro groups is 1. The fourth-order valence-corrected chi connectivity index (χ4v) is 3.63. The molecular weight excluding hydrogens is 270 g/mol. The average molecular weight is 291 g/mol. The molecular formula is C14H21N5O2. The second-order valence-corrected chi connectivity index (χ2v) is 6.03. The maximum atomic E-state index is 11.4. The number of anilines is 2. The van der Waals surface area contributed by atoms with E-state index in [1.54, 1.807) is 0 Å². The van der Waals surface area contributed by atoms with Crippen LogP contribution in [-0.2, 0) is 0 Å². The van der Waals surface area contributed by atoms with Crippen molar-refractivity contribution >= 4 is 17.3 Å². The first-order valence-corrected chi connectivity index (χ1v) is 7.68. The Morgan fingerprint density at radius 1 is 1.33 bits per heavy atom. The Bertz CT molecular complexity index is 536. The van der Waals surface area contributed by atoms with Crippen LogP contribution in [0.1, 0.15) is 39.0 Å². The third-order valence-electron chi connectivity index (χ3n) is 4.61. The summed E-state index contributed by atoms with van der Waals surface area (Å²) < 4.78 is 0. The van der Waals surface area contributed by atoms with E-state index in [2.05, 4.69) is 20.6 Å². The van der Waals surface area contributed by atoms with Crippen LogP contribution in [0.25, 0.3) is 0 Å². The molecule has 21 heavy (non-hydrogen) atoms. The van der Waals surface area contributed by atoms with E-state index < -0.39 is 4.92 Å². The summed E-state index contributed by atoms with van der Waals surface area (Å²) in [5.41, 5.74) is -0.0336. The van der Waals surface area contributed by atoms with Crippen molar-refractivity contribution in [1.29, 1.82) is 0 Å². The summed E-state index contributed by atoms with van der Waals surface area (Å²) in [6, 6.07) is 0.316. The van der Waals surface area contributed by atoms with Crippen LogP contribution in [-0.4, -0.2) is 27.5 Å². The molecule has 3 unspecified atom stereocenters. The summed E-state index contributed by atoms with van der Waals surface area (Å²) in [6.45, 7) is 2.67. The number of rotatable bonds is 6. The Labute approximate surface area is 123 Å². The van der Waals surface area contributed by atoms with Gasteiger partial charge in [0.25, 0.3) is 0 Å². The lowest BCUT2D eigenvalue weighted by Crippen LogP contribution is -2.27. The monoisotopic (exact) mass is 291 g/mol. The fourth-order valence-electron chi connectivity index (χ4n) is 3.63. The molecule has 0 spiro atoms. The van der Waals surface area contributed by atoms with Crippen LogP contribution in [0.2, 0.25) is 0 Å². The molecule has 1 heterocycles. The summed E-state index contributed by atoms with van der Waals surface area (Å²) in [5, 5.41) is 17.7. The van der Waals surface area contributed by atoms with Gasteiger partial charge in [-0.2, -0.15) is 0 Å². The predicted octanol–water partition coefficient (Wildman–Crippen LogP) is 2.81. The van der Waals surface area contributed by atoms with E-state index in [0.717, 1.165) is 18.8 Å². The molecule has 3 rings (SSSR count). The number of hydrogen-bond donors (Lipinski definition) is 2. The Balaban J connectivity index is 1.82. The van der Waals surface area contributed by atoms with Gasteiger partial charge in [-0.3, -0.25) is 10.1 Å². The van der Waals surface area contributed by atoms with Gasteiger partial charge in [0, 0.05) is 12.6 Å². The molecule has 114 valence electrons. The van der Waals surface area contributed by atoms with Crippen LogP contribution in [0.5, 0.6) is 0 Å². The van der Waals surface area contributed by atoms with Gasteiger partial charge in [-0.1, -0.05) is 13.3 Å². The maximum absolute atomic E-state index is 11.4. The standard InChI is InChI=1S/C14H21N5O2/c1-2-5-15-13-12(19(20)21)14(17-8-16-13)18-11-7-9-3-4-10(11)6-9/h8-11H,2-7H2,1H3,(H2,15,16,17,18). The van der Waals surface area contributed by atoms with Crippen molar-refractivity contribution in [2.45, 2.75) is 45.1 Å². The molecule has 2 aliphatic carbocycles. The topological polar surface area (TPSA) is 93.0 Å². The van der Waals surface area contributed by atoms with Crippen molar-refractivity contribution < 1.29 is 4.92 Å². The summed E-state index contributed by atoms with van der Waals surface area (Å²) in [7, 11) is 0. The van der Waals surface area contributed by atoms with E-state index in [0.29, 0.717) is 30.1 Å². The Morgan fingerprint density at radius 3 is 2.76 bits per heavy atom. The molecule has 2 bridgehead atoms. The van der Waals surface area contributed by atoms with Gasteiger partial charge in [-0.25, -0.2) is 9.97 Å². The lowest BCUT2D eigenvalue weighted by molar-refractivity contribution is -0.383. The Kier molecular flexibility index (Phi) is 3.90.